The molecule has 9 heavy (non-hydrogen) atoms. The fourth-order valence-corrected chi connectivity index (χ4v) is 2.18. The molecule has 54 valence electrons. The molecule has 0 aromatic heterocycles. The number of hydrogen-bond donors (Lipinski definition) is 3. The molecule has 0 spiro atoms. The molecular weight excluding hydrogens is 176 g/mol. The molecule has 0 amide bonds. The zero-order chi connectivity index (χ0) is 6.85. The van der Waals surface area contributed by atoms with Gasteiger partial charge in [0.1, 0.15) is 6.10 Å². The maximum absolute atomic E-state index is 9.12. The Hall–Kier alpha value is 0.970. The van der Waals surface area contributed by atoms with Crippen LogP contribution in [0.3, 0.4) is 0 Å². The summed E-state index contributed by atoms with van der Waals surface area (Å²) in [7, 11) is 3.19. The van der Waals surface area contributed by atoms with Crippen molar-refractivity contribution in [1.82, 2.24) is 0 Å². The van der Waals surface area contributed by atoms with Gasteiger partial charge in [-0.1, -0.05) is 21.6 Å². The minimum absolute atomic E-state index is 0.187. The van der Waals surface area contributed by atoms with Crippen molar-refractivity contribution in [2.75, 3.05) is 5.75 Å². The van der Waals surface area contributed by atoms with Gasteiger partial charge in [0.2, 0.25) is 0 Å². The fraction of sp³-hybridized carbons (Fsp3) is 1.00. The van der Waals surface area contributed by atoms with Crippen molar-refractivity contribution in [2.45, 2.75) is 16.8 Å². The number of rotatable bonds is 3. The lowest BCUT2D eigenvalue weighted by Gasteiger charge is -2.11. The molecule has 2 N–H and O–H groups in total. The van der Waals surface area contributed by atoms with Gasteiger partial charge >= 0.3 is 0 Å². The van der Waals surface area contributed by atoms with Crippen LogP contribution in [0.25, 0.3) is 0 Å². The van der Waals surface area contributed by atoms with E-state index < -0.39 is 12.2 Å². The van der Waals surface area contributed by atoms with E-state index in [0.29, 0.717) is 5.75 Å². The summed E-state index contributed by atoms with van der Waals surface area (Å²) in [5.74, 6) is 0.332. The summed E-state index contributed by atoms with van der Waals surface area (Å²) in [6.45, 7) is 0. The van der Waals surface area contributed by atoms with Crippen molar-refractivity contribution in [3.8, 4) is 0 Å². The summed E-state index contributed by atoms with van der Waals surface area (Å²) in [6.07, 6.45) is -1.27. The Kier molecular flexibility index (Phi) is 3.04. The van der Waals surface area contributed by atoms with Crippen LogP contribution in [0.2, 0.25) is 0 Å². The third kappa shape index (κ3) is 2.23. The lowest BCUT2D eigenvalue weighted by atomic mass is 10.2. The largest absolute Gasteiger partial charge is 0.389 e. The maximum Gasteiger partial charge on any atom is 0.103 e. The predicted molar refractivity (Wildman–Crippen MR) is 44.8 cm³/mol. The first-order valence-electron chi connectivity index (χ1n) is 2.55. The van der Waals surface area contributed by atoms with Gasteiger partial charge in [0, 0.05) is 5.75 Å². The Bertz CT molecular complexity index is 95.8. The van der Waals surface area contributed by atoms with Crippen LogP contribution in [0.5, 0.6) is 0 Å². The zero-order valence-corrected chi connectivity index (χ0v) is 7.12. The Morgan fingerprint density at radius 3 is 2.33 bits per heavy atom. The second-order valence-electron chi connectivity index (χ2n) is 1.80. The molecule has 0 aromatic rings. The molecule has 0 aromatic carbocycles. The van der Waals surface area contributed by atoms with Gasteiger partial charge in [0.15, 0.2) is 0 Å². The number of thiol groups is 1. The van der Waals surface area contributed by atoms with Gasteiger partial charge < -0.3 is 10.2 Å². The van der Waals surface area contributed by atoms with E-state index in [0.717, 1.165) is 0 Å². The van der Waals surface area contributed by atoms with E-state index in [1.165, 1.54) is 0 Å². The van der Waals surface area contributed by atoms with E-state index in [1.54, 1.807) is 21.6 Å². The third-order valence-electron chi connectivity index (χ3n) is 1.07. The highest BCUT2D eigenvalue weighted by Crippen LogP contribution is 2.55. The summed E-state index contributed by atoms with van der Waals surface area (Å²) in [5.41, 5.74) is 0. The average Bonchev–Trinajstić information content (AvgIpc) is 2.66. The first-order chi connectivity index (χ1) is 4.25. The average molecular weight is 184 g/mol. The smallest absolute Gasteiger partial charge is 0.103 e. The molecule has 1 saturated heterocycles. The molecular formula is C4H8O2S3. The predicted octanol–water partition coefficient (Wildman–Crippen LogP) is 0.359. The second kappa shape index (κ2) is 3.39. The SMILES string of the molecule is O[C@@H](CS)[C@@H](O)C1SS1. The van der Waals surface area contributed by atoms with Gasteiger partial charge in [-0.3, -0.25) is 0 Å². The van der Waals surface area contributed by atoms with E-state index in [2.05, 4.69) is 12.6 Å². The molecule has 1 aliphatic heterocycles. The first kappa shape index (κ1) is 8.07. The van der Waals surface area contributed by atoms with E-state index in [9.17, 15) is 0 Å². The lowest BCUT2D eigenvalue weighted by Crippen LogP contribution is -2.30. The number of aliphatic hydroxyl groups is 2. The van der Waals surface area contributed by atoms with Crippen molar-refractivity contribution >= 4 is 34.2 Å². The lowest BCUT2D eigenvalue weighted by molar-refractivity contribution is 0.0469. The first-order valence-corrected chi connectivity index (χ1v) is 5.45. The van der Waals surface area contributed by atoms with Gasteiger partial charge in [0.25, 0.3) is 0 Å². The molecule has 0 unspecified atom stereocenters. The Balaban J connectivity index is 2.22. The van der Waals surface area contributed by atoms with Crippen LogP contribution in [-0.4, -0.2) is 32.8 Å². The van der Waals surface area contributed by atoms with Gasteiger partial charge in [0.05, 0.1) is 10.7 Å². The van der Waals surface area contributed by atoms with Crippen LogP contribution in [0.15, 0.2) is 0 Å². The quantitative estimate of drug-likeness (QED) is 0.336. The molecule has 1 aliphatic rings. The van der Waals surface area contributed by atoms with Crippen LogP contribution in [0.4, 0.5) is 0 Å². The van der Waals surface area contributed by atoms with Crippen molar-refractivity contribution in [2.24, 2.45) is 0 Å². The van der Waals surface area contributed by atoms with Gasteiger partial charge in [-0.2, -0.15) is 12.6 Å². The summed E-state index contributed by atoms with van der Waals surface area (Å²) in [4.78, 5) is 0. The number of aliphatic hydroxyl groups excluding tert-OH is 2. The highest BCUT2D eigenvalue weighted by atomic mass is 33.2. The molecule has 1 rings (SSSR count). The second-order valence-corrected chi connectivity index (χ2v) is 5.02. The highest BCUT2D eigenvalue weighted by molar-refractivity contribution is 8.92. The Morgan fingerprint density at radius 2 is 2.00 bits per heavy atom. The van der Waals surface area contributed by atoms with Crippen LogP contribution < -0.4 is 0 Å². The van der Waals surface area contributed by atoms with Gasteiger partial charge in [-0.15, -0.1) is 0 Å². The zero-order valence-electron chi connectivity index (χ0n) is 4.60. The molecule has 0 aliphatic carbocycles. The molecule has 2 nitrogen and oxygen atoms in total. The molecule has 0 radical (unpaired) electrons. The van der Waals surface area contributed by atoms with Crippen molar-refractivity contribution in [3.63, 3.8) is 0 Å². The van der Waals surface area contributed by atoms with E-state index in [1.807, 2.05) is 0 Å². The van der Waals surface area contributed by atoms with Crippen molar-refractivity contribution in [3.05, 3.63) is 0 Å². The summed E-state index contributed by atoms with van der Waals surface area (Å²) < 4.78 is 0.187. The van der Waals surface area contributed by atoms with E-state index >= 15 is 0 Å². The van der Waals surface area contributed by atoms with Crippen LogP contribution in [0.1, 0.15) is 0 Å². The summed E-state index contributed by atoms with van der Waals surface area (Å²) >= 11 is 3.85. The summed E-state index contributed by atoms with van der Waals surface area (Å²) in [6, 6.07) is 0. The highest BCUT2D eigenvalue weighted by Gasteiger charge is 2.36. The van der Waals surface area contributed by atoms with E-state index in [4.69, 9.17) is 10.2 Å². The van der Waals surface area contributed by atoms with Crippen molar-refractivity contribution in [1.29, 1.82) is 0 Å². The topological polar surface area (TPSA) is 40.5 Å². The molecule has 0 saturated carbocycles. The fourth-order valence-electron chi connectivity index (χ4n) is 0.435. The normalized spacial score (nSPS) is 25.7. The molecule has 2 atom stereocenters. The molecule has 1 heterocycles. The molecule has 1 fully saturated rings. The van der Waals surface area contributed by atoms with Gasteiger partial charge in [-0.25, -0.2) is 0 Å². The van der Waals surface area contributed by atoms with E-state index in [-0.39, 0.29) is 4.58 Å². The van der Waals surface area contributed by atoms with Gasteiger partial charge in [-0.05, 0) is 0 Å². The summed E-state index contributed by atoms with van der Waals surface area (Å²) in [5, 5.41) is 18.1. The van der Waals surface area contributed by atoms with Crippen LogP contribution in [-0.2, 0) is 0 Å². The monoisotopic (exact) mass is 184 g/mol. The maximum atomic E-state index is 9.12. The third-order valence-corrected chi connectivity index (χ3v) is 3.66. The number of hydrogen-bond acceptors (Lipinski definition) is 5. The Morgan fingerprint density at radius 1 is 1.44 bits per heavy atom. The standard InChI is InChI=1S/C4H8O2S3/c5-2(1-7)3(6)4-8-9-4/h2-7H,1H2/t2-,3+/m0/s1. The molecule has 0 bridgehead atoms. The van der Waals surface area contributed by atoms with Crippen LogP contribution >= 0.6 is 34.2 Å². The van der Waals surface area contributed by atoms with Crippen LogP contribution in [0, 0.1) is 0 Å². The minimum Gasteiger partial charge on any atom is -0.389 e. The molecule has 5 heteroatoms. The van der Waals surface area contributed by atoms with Crippen molar-refractivity contribution < 1.29 is 10.2 Å². The Labute approximate surface area is 67.2 Å². The minimum atomic E-state index is -0.666.